The zero-order chi connectivity index (χ0) is 21.9. The van der Waals surface area contributed by atoms with E-state index >= 15 is 0 Å². The van der Waals surface area contributed by atoms with Gasteiger partial charge in [-0.25, -0.2) is 0 Å². The SMILES string of the molecule is CC1(C[C@@H](CC2(c3ccccc3)SCCCS2)O[Si](C)(C)C(C)(C)C)SCCCS1. The highest BCUT2D eigenvalue weighted by Crippen LogP contribution is 2.56. The molecule has 0 radical (unpaired) electrons. The molecule has 0 spiro atoms. The Labute approximate surface area is 203 Å². The molecule has 1 aromatic rings. The molecule has 1 nitrogen and oxygen atoms in total. The lowest BCUT2D eigenvalue weighted by Crippen LogP contribution is -2.46. The first-order valence-corrected chi connectivity index (χ1v) is 18.2. The first-order chi connectivity index (χ1) is 14.1. The summed E-state index contributed by atoms with van der Waals surface area (Å²) >= 11 is 8.68. The van der Waals surface area contributed by atoms with Gasteiger partial charge >= 0.3 is 0 Å². The van der Waals surface area contributed by atoms with Crippen LogP contribution in [0, 0.1) is 0 Å². The molecule has 2 saturated heterocycles. The van der Waals surface area contributed by atoms with Gasteiger partial charge in [0.05, 0.1) is 8.16 Å². The van der Waals surface area contributed by atoms with E-state index in [2.05, 4.69) is 118 Å². The third kappa shape index (κ3) is 6.44. The first-order valence-electron chi connectivity index (χ1n) is 11.3. The lowest BCUT2D eigenvalue weighted by atomic mass is 10.0. The number of rotatable bonds is 7. The average molecular weight is 501 g/mol. The molecule has 0 aliphatic carbocycles. The number of thioether (sulfide) groups is 4. The van der Waals surface area contributed by atoms with Crippen molar-refractivity contribution in [2.24, 2.45) is 0 Å². The summed E-state index contributed by atoms with van der Waals surface area (Å²) in [6, 6.07) is 11.3. The van der Waals surface area contributed by atoms with E-state index in [9.17, 15) is 0 Å². The predicted molar refractivity (Wildman–Crippen MR) is 147 cm³/mol. The number of hydrogen-bond acceptors (Lipinski definition) is 5. The Kier molecular flexibility index (Phi) is 8.79. The van der Waals surface area contributed by atoms with Crippen LogP contribution in [0.1, 0.15) is 58.9 Å². The molecule has 30 heavy (non-hydrogen) atoms. The van der Waals surface area contributed by atoms with E-state index in [1.54, 1.807) is 0 Å². The average Bonchev–Trinajstić information content (AvgIpc) is 2.68. The minimum Gasteiger partial charge on any atom is -0.414 e. The van der Waals surface area contributed by atoms with Crippen LogP contribution in [0.3, 0.4) is 0 Å². The molecular formula is C24H40OS4Si. The minimum atomic E-state index is -1.84. The van der Waals surface area contributed by atoms with Crippen molar-refractivity contribution in [2.45, 2.75) is 85.8 Å². The maximum Gasteiger partial charge on any atom is 0.192 e. The summed E-state index contributed by atoms with van der Waals surface area (Å²) in [6.45, 7) is 14.5. The molecule has 2 aliphatic heterocycles. The van der Waals surface area contributed by atoms with Crippen molar-refractivity contribution in [1.82, 2.24) is 0 Å². The van der Waals surface area contributed by atoms with Gasteiger partial charge in [0.25, 0.3) is 0 Å². The molecule has 0 N–H and O–H groups in total. The fourth-order valence-corrected chi connectivity index (χ4v) is 11.8. The topological polar surface area (TPSA) is 9.23 Å². The second-order valence-corrected chi connectivity index (χ2v) is 21.5. The summed E-state index contributed by atoms with van der Waals surface area (Å²) in [5.74, 6) is 5.11. The molecule has 6 heteroatoms. The van der Waals surface area contributed by atoms with E-state index in [4.69, 9.17) is 4.43 Å². The van der Waals surface area contributed by atoms with Crippen LogP contribution in [0.15, 0.2) is 30.3 Å². The zero-order valence-electron chi connectivity index (χ0n) is 19.7. The van der Waals surface area contributed by atoms with Gasteiger partial charge in [0.1, 0.15) is 0 Å². The molecule has 2 aliphatic rings. The van der Waals surface area contributed by atoms with E-state index in [1.165, 1.54) is 41.4 Å². The number of hydrogen-bond donors (Lipinski definition) is 0. The Bertz CT molecular complexity index is 662. The normalized spacial score (nSPS) is 23.1. The highest BCUT2D eigenvalue weighted by molar-refractivity contribution is 8.19. The van der Waals surface area contributed by atoms with Gasteiger partial charge in [0, 0.05) is 12.5 Å². The number of benzene rings is 1. The van der Waals surface area contributed by atoms with E-state index in [0.717, 1.165) is 12.8 Å². The van der Waals surface area contributed by atoms with E-state index in [-0.39, 0.29) is 13.2 Å². The lowest BCUT2D eigenvalue weighted by molar-refractivity contribution is 0.155. The zero-order valence-corrected chi connectivity index (χ0v) is 23.9. The molecule has 3 rings (SSSR count). The van der Waals surface area contributed by atoms with Gasteiger partial charge in [0.2, 0.25) is 0 Å². The van der Waals surface area contributed by atoms with Crippen molar-refractivity contribution in [1.29, 1.82) is 0 Å². The fraction of sp³-hybridized carbons (Fsp3) is 0.750. The summed E-state index contributed by atoms with van der Waals surface area (Å²) in [5, 5.41) is 0.242. The van der Waals surface area contributed by atoms with Crippen molar-refractivity contribution in [3.8, 4) is 0 Å². The summed E-state index contributed by atoms with van der Waals surface area (Å²) in [4.78, 5) is 0. The Balaban J connectivity index is 1.89. The van der Waals surface area contributed by atoms with Crippen LogP contribution in [0.4, 0.5) is 0 Å². The molecule has 1 aromatic carbocycles. The van der Waals surface area contributed by atoms with Crippen LogP contribution in [-0.4, -0.2) is 41.5 Å². The second-order valence-electron chi connectivity index (χ2n) is 10.3. The molecule has 2 fully saturated rings. The summed E-state index contributed by atoms with van der Waals surface area (Å²) in [6.07, 6.45) is 5.26. The van der Waals surface area contributed by atoms with E-state index < -0.39 is 8.32 Å². The molecule has 2 heterocycles. The summed E-state index contributed by atoms with van der Waals surface area (Å²) < 4.78 is 7.62. The standard InChI is InChI=1S/C24H40OS4Si/c1-22(2,3)30(5,6)25-21(18-23(4)26-14-10-15-27-23)19-24(28-16-11-17-29-24)20-12-8-7-9-13-20/h7-9,12-13,21H,10-11,14-19H2,1-6H3/t21-/m0/s1. The molecular weight excluding hydrogens is 461 g/mol. The molecule has 0 amide bonds. The monoisotopic (exact) mass is 500 g/mol. The van der Waals surface area contributed by atoms with Gasteiger partial charge in [-0.2, -0.15) is 0 Å². The van der Waals surface area contributed by atoms with E-state index in [1.807, 2.05) is 0 Å². The van der Waals surface area contributed by atoms with E-state index in [0.29, 0.717) is 6.10 Å². The quantitative estimate of drug-likeness (QED) is 0.346. The van der Waals surface area contributed by atoms with Gasteiger partial charge in [-0.15, -0.1) is 47.0 Å². The highest BCUT2D eigenvalue weighted by atomic mass is 32.2. The molecule has 1 atom stereocenters. The van der Waals surface area contributed by atoms with Crippen LogP contribution in [0.2, 0.25) is 18.1 Å². The third-order valence-electron chi connectivity index (χ3n) is 6.64. The Morgan fingerprint density at radius 3 is 1.97 bits per heavy atom. The smallest absolute Gasteiger partial charge is 0.192 e. The molecule has 0 aromatic heterocycles. The van der Waals surface area contributed by atoms with Crippen LogP contribution in [0.25, 0.3) is 0 Å². The van der Waals surface area contributed by atoms with Gasteiger partial charge < -0.3 is 4.43 Å². The van der Waals surface area contributed by atoms with Gasteiger partial charge in [0.15, 0.2) is 8.32 Å². The summed E-state index contributed by atoms with van der Waals surface area (Å²) in [7, 11) is -1.84. The predicted octanol–water partition coefficient (Wildman–Crippen LogP) is 8.47. The van der Waals surface area contributed by atoms with Crippen molar-refractivity contribution >= 4 is 55.4 Å². The Morgan fingerprint density at radius 2 is 1.43 bits per heavy atom. The summed E-state index contributed by atoms with van der Waals surface area (Å²) in [5.41, 5.74) is 1.48. The van der Waals surface area contributed by atoms with Crippen LogP contribution < -0.4 is 0 Å². The third-order valence-corrected chi connectivity index (χ3v) is 17.9. The van der Waals surface area contributed by atoms with Crippen LogP contribution >= 0.6 is 47.0 Å². The molecule has 0 unspecified atom stereocenters. The van der Waals surface area contributed by atoms with Crippen LogP contribution in [0.5, 0.6) is 0 Å². The molecule has 170 valence electrons. The van der Waals surface area contributed by atoms with Crippen molar-refractivity contribution in [3.05, 3.63) is 35.9 Å². The van der Waals surface area contributed by atoms with Crippen molar-refractivity contribution < 1.29 is 4.43 Å². The Hall–Kier alpha value is 0.797. The van der Waals surface area contributed by atoms with Gasteiger partial charge in [-0.3, -0.25) is 0 Å². The first kappa shape index (κ1) is 25.4. The fourth-order valence-electron chi connectivity index (χ4n) is 3.93. The Morgan fingerprint density at radius 1 is 0.900 bits per heavy atom. The van der Waals surface area contributed by atoms with Crippen molar-refractivity contribution in [3.63, 3.8) is 0 Å². The van der Waals surface area contributed by atoms with Gasteiger partial charge in [-0.1, -0.05) is 51.1 Å². The maximum absolute atomic E-state index is 7.21. The maximum atomic E-state index is 7.21. The molecule has 0 saturated carbocycles. The second kappa shape index (κ2) is 10.4. The van der Waals surface area contributed by atoms with Gasteiger partial charge in [-0.05, 0) is 72.9 Å². The highest BCUT2D eigenvalue weighted by Gasteiger charge is 2.45. The minimum absolute atomic E-state index is 0.132. The lowest BCUT2D eigenvalue weighted by Gasteiger charge is -2.46. The molecule has 0 bridgehead atoms. The van der Waals surface area contributed by atoms with Crippen molar-refractivity contribution in [2.75, 3.05) is 23.0 Å². The van der Waals surface area contributed by atoms with Crippen LogP contribution in [-0.2, 0) is 8.51 Å². The largest absolute Gasteiger partial charge is 0.414 e.